The molecule has 0 unspecified atom stereocenters. The third-order valence-corrected chi connectivity index (χ3v) is 1.54. The zero-order valence-corrected chi connectivity index (χ0v) is 8.94. The van der Waals surface area contributed by atoms with E-state index in [1.165, 1.54) is 11.1 Å². The van der Waals surface area contributed by atoms with E-state index in [1.807, 2.05) is 6.92 Å². The van der Waals surface area contributed by atoms with Crippen LogP contribution in [0.4, 0.5) is 0 Å². The van der Waals surface area contributed by atoms with Crippen molar-refractivity contribution in [3.8, 4) is 0 Å². The summed E-state index contributed by atoms with van der Waals surface area (Å²) in [5.41, 5.74) is 3.83. The van der Waals surface area contributed by atoms with Crippen molar-refractivity contribution >= 4 is 0 Å². The van der Waals surface area contributed by atoms with Crippen molar-refractivity contribution in [1.29, 1.82) is 0 Å². The molecule has 0 N–H and O–H groups in total. The summed E-state index contributed by atoms with van der Waals surface area (Å²) in [5.74, 6) is 0.580. The Hall–Kier alpha value is -0.780. The predicted molar refractivity (Wildman–Crippen MR) is 57.2 cm³/mol. The lowest BCUT2D eigenvalue weighted by Crippen LogP contribution is -1.91. The second-order valence-corrected chi connectivity index (χ2v) is 3.87. The molecule has 0 nitrogen and oxygen atoms in total. The van der Waals surface area contributed by atoms with E-state index >= 15 is 0 Å². The van der Waals surface area contributed by atoms with E-state index in [4.69, 9.17) is 0 Å². The summed E-state index contributed by atoms with van der Waals surface area (Å²) < 4.78 is 0. The van der Waals surface area contributed by atoms with Gasteiger partial charge in [0.2, 0.25) is 0 Å². The van der Waals surface area contributed by atoms with Gasteiger partial charge in [0.05, 0.1) is 0 Å². The predicted octanol–water partition coefficient (Wildman–Crippen LogP) is 4.11. The van der Waals surface area contributed by atoms with Gasteiger partial charge in [-0.2, -0.15) is 0 Å². The molecular formula is C12H20. The van der Waals surface area contributed by atoms with Gasteiger partial charge in [-0.05, 0) is 32.3 Å². The molecule has 0 aliphatic rings. The molecule has 0 radical (unpaired) electrons. The van der Waals surface area contributed by atoms with E-state index in [9.17, 15) is 0 Å². The van der Waals surface area contributed by atoms with E-state index in [0.717, 1.165) is 5.57 Å². The van der Waals surface area contributed by atoms with Crippen molar-refractivity contribution in [3.05, 3.63) is 35.5 Å². The summed E-state index contributed by atoms with van der Waals surface area (Å²) in [7, 11) is 0. The first-order valence-corrected chi connectivity index (χ1v) is 4.45. The van der Waals surface area contributed by atoms with Crippen LogP contribution in [0.5, 0.6) is 0 Å². The van der Waals surface area contributed by atoms with Gasteiger partial charge in [-0.15, -0.1) is 0 Å². The van der Waals surface area contributed by atoms with Crippen LogP contribution in [-0.4, -0.2) is 0 Å². The van der Waals surface area contributed by atoms with E-state index in [-0.39, 0.29) is 0 Å². The lowest BCUT2D eigenvalue weighted by molar-refractivity contribution is 0.788. The molecule has 0 atom stereocenters. The Morgan fingerprint density at radius 3 is 1.83 bits per heavy atom. The minimum Gasteiger partial charge on any atom is -0.0961 e. The zero-order chi connectivity index (χ0) is 9.72. The Bertz CT molecular complexity index is 210. The van der Waals surface area contributed by atoms with Crippen LogP contribution in [0.15, 0.2) is 35.5 Å². The van der Waals surface area contributed by atoms with Crippen molar-refractivity contribution < 1.29 is 0 Å². The number of rotatable bonds is 3. The van der Waals surface area contributed by atoms with E-state index in [0.29, 0.717) is 5.92 Å². The summed E-state index contributed by atoms with van der Waals surface area (Å²) in [6.07, 6.45) is 4.37. The van der Waals surface area contributed by atoms with Gasteiger partial charge in [0.1, 0.15) is 0 Å². The molecular weight excluding hydrogens is 144 g/mol. The fraction of sp³-hybridized carbons (Fsp3) is 0.500. The van der Waals surface area contributed by atoms with Crippen LogP contribution >= 0.6 is 0 Å². The molecule has 12 heavy (non-hydrogen) atoms. The molecule has 0 aliphatic heterocycles. The average molecular weight is 164 g/mol. The second kappa shape index (κ2) is 4.97. The summed E-state index contributed by atoms with van der Waals surface area (Å²) in [5, 5.41) is 0. The fourth-order valence-corrected chi connectivity index (χ4v) is 0.993. The first kappa shape index (κ1) is 11.2. The number of allylic oxidation sites excluding steroid dienone is 5. The highest BCUT2D eigenvalue weighted by atomic mass is 14.0. The monoisotopic (exact) mass is 164 g/mol. The van der Waals surface area contributed by atoms with Gasteiger partial charge in [0.15, 0.2) is 0 Å². The van der Waals surface area contributed by atoms with Gasteiger partial charge in [-0.25, -0.2) is 0 Å². The maximum absolute atomic E-state index is 3.88. The molecule has 0 rings (SSSR count). The molecule has 0 heteroatoms. The first-order chi connectivity index (χ1) is 5.43. The molecule has 0 saturated carbocycles. The van der Waals surface area contributed by atoms with Crippen LogP contribution in [0.3, 0.4) is 0 Å². The normalized spacial score (nSPS) is 11.7. The highest BCUT2D eigenvalue weighted by molar-refractivity contribution is 5.30. The Morgan fingerprint density at radius 1 is 1.08 bits per heavy atom. The standard InChI is InChI=1S/C12H20/c1-9(2)7-12(11(5)6)8-10(3)4/h7-8,11H,1H2,2-6H3/b12-7+. The summed E-state index contributed by atoms with van der Waals surface area (Å²) >= 11 is 0. The third-order valence-electron chi connectivity index (χ3n) is 1.54. The molecule has 0 aromatic heterocycles. The summed E-state index contributed by atoms with van der Waals surface area (Å²) in [6.45, 7) is 14.6. The van der Waals surface area contributed by atoms with Crippen LogP contribution in [0.2, 0.25) is 0 Å². The lowest BCUT2D eigenvalue weighted by atomic mass is 9.99. The molecule has 0 bridgehead atoms. The zero-order valence-electron chi connectivity index (χ0n) is 8.94. The van der Waals surface area contributed by atoms with Crippen LogP contribution in [0.25, 0.3) is 0 Å². The van der Waals surface area contributed by atoms with Crippen molar-refractivity contribution in [2.45, 2.75) is 34.6 Å². The minimum atomic E-state index is 0.580. The van der Waals surface area contributed by atoms with Crippen LogP contribution < -0.4 is 0 Å². The minimum absolute atomic E-state index is 0.580. The maximum Gasteiger partial charge on any atom is -0.0219 e. The molecule has 0 saturated heterocycles. The van der Waals surface area contributed by atoms with Crippen LogP contribution in [0, 0.1) is 5.92 Å². The van der Waals surface area contributed by atoms with Crippen molar-refractivity contribution in [3.63, 3.8) is 0 Å². The molecule has 68 valence electrons. The maximum atomic E-state index is 3.88. The molecule has 0 fully saturated rings. The third kappa shape index (κ3) is 4.95. The summed E-state index contributed by atoms with van der Waals surface area (Å²) in [4.78, 5) is 0. The van der Waals surface area contributed by atoms with Gasteiger partial charge in [0.25, 0.3) is 0 Å². The quantitative estimate of drug-likeness (QED) is 0.551. The van der Waals surface area contributed by atoms with Gasteiger partial charge in [-0.3, -0.25) is 0 Å². The largest absolute Gasteiger partial charge is 0.0961 e. The molecule has 0 aliphatic carbocycles. The highest BCUT2D eigenvalue weighted by Crippen LogP contribution is 2.15. The molecule has 0 aromatic rings. The van der Waals surface area contributed by atoms with Crippen LogP contribution in [-0.2, 0) is 0 Å². The topological polar surface area (TPSA) is 0 Å². The van der Waals surface area contributed by atoms with E-state index < -0.39 is 0 Å². The highest BCUT2D eigenvalue weighted by Gasteiger charge is 1.98. The molecule has 0 spiro atoms. The smallest absolute Gasteiger partial charge is 0.0219 e. The average Bonchev–Trinajstić information content (AvgIpc) is 1.83. The number of hydrogen-bond acceptors (Lipinski definition) is 0. The van der Waals surface area contributed by atoms with E-state index in [1.54, 1.807) is 0 Å². The van der Waals surface area contributed by atoms with Crippen molar-refractivity contribution in [2.75, 3.05) is 0 Å². The Morgan fingerprint density at radius 2 is 1.58 bits per heavy atom. The fourth-order valence-electron chi connectivity index (χ4n) is 0.993. The van der Waals surface area contributed by atoms with Crippen LogP contribution in [0.1, 0.15) is 34.6 Å². The van der Waals surface area contributed by atoms with E-state index in [2.05, 4.69) is 46.4 Å². The summed E-state index contributed by atoms with van der Waals surface area (Å²) in [6, 6.07) is 0. The molecule has 0 heterocycles. The molecule has 0 amide bonds. The Labute approximate surface area is 76.7 Å². The van der Waals surface area contributed by atoms with Gasteiger partial charge < -0.3 is 0 Å². The van der Waals surface area contributed by atoms with Gasteiger partial charge in [-0.1, -0.05) is 43.7 Å². The Balaban J connectivity index is 4.68. The van der Waals surface area contributed by atoms with Gasteiger partial charge in [0, 0.05) is 0 Å². The SMILES string of the molecule is C=C(C)/C=C(\C=C(C)C)C(C)C. The Kier molecular flexibility index (Phi) is 4.65. The molecule has 0 aromatic carbocycles. The second-order valence-electron chi connectivity index (χ2n) is 3.87. The number of hydrogen-bond donors (Lipinski definition) is 0. The van der Waals surface area contributed by atoms with Crippen molar-refractivity contribution in [1.82, 2.24) is 0 Å². The van der Waals surface area contributed by atoms with Crippen molar-refractivity contribution in [2.24, 2.45) is 5.92 Å². The lowest BCUT2D eigenvalue weighted by Gasteiger charge is -2.07. The van der Waals surface area contributed by atoms with Gasteiger partial charge >= 0.3 is 0 Å². The first-order valence-electron chi connectivity index (χ1n) is 4.45.